The summed E-state index contributed by atoms with van der Waals surface area (Å²) in [5.74, 6) is -1.88. The fourth-order valence-corrected chi connectivity index (χ4v) is 2.05. The van der Waals surface area contributed by atoms with Crippen LogP contribution in [0.2, 0.25) is 5.02 Å². The number of benzene rings is 2. The van der Waals surface area contributed by atoms with Gasteiger partial charge in [-0.3, -0.25) is 9.59 Å². The Morgan fingerprint density at radius 1 is 1.08 bits per heavy atom. The molecule has 26 heavy (non-hydrogen) atoms. The van der Waals surface area contributed by atoms with Crippen molar-refractivity contribution in [2.75, 3.05) is 18.5 Å². The number of ketones is 1. The van der Waals surface area contributed by atoms with Crippen LogP contribution in [0, 0.1) is 5.82 Å². The summed E-state index contributed by atoms with van der Waals surface area (Å²) in [6.45, 7) is 0.434. The summed E-state index contributed by atoms with van der Waals surface area (Å²) in [5, 5.41) is 2.46. The number of esters is 1. The van der Waals surface area contributed by atoms with E-state index in [0.717, 1.165) is 6.07 Å². The van der Waals surface area contributed by atoms with Crippen molar-refractivity contribution in [2.45, 2.75) is 6.92 Å². The number of carbonyl (C=O) groups excluding carboxylic acids is 3. The molecule has 0 atom stereocenters. The van der Waals surface area contributed by atoms with Crippen molar-refractivity contribution >= 4 is 34.9 Å². The highest BCUT2D eigenvalue weighted by molar-refractivity contribution is 6.30. The molecular weight excluding hydrogens is 365 g/mol. The van der Waals surface area contributed by atoms with Crippen LogP contribution in [-0.4, -0.2) is 30.9 Å². The molecule has 0 aromatic heterocycles. The predicted molar refractivity (Wildman–Crippen MR) is 92.9 cm³/mol. The highest BCUT2D eigenvalue weighted by Crippen LogP contribution is 2.18. The maximum atomic E-state index is 13.5. The van der Waals surface area contributed by atoms with Crippen molar-refractivity contribution in [1.82, 2.24) is 0 Å². The Kier molecular flexibility index (Phi) is 6.68. The second-order valence-electron chi connectivity index (χ2n) is 5.20. The fourth-order valence-electron chi connectivity index (χ4n) is 1.89. The summed E-state index contributed by atoms with van der Waals surface area (Å²) in [7, 11) is 0. The van der Waals surface area contributed by atoms with Gasteiger partial charge in [0.2, 0.25) is 0 Å². The number of hydrogen-bond acceptors (Lipinski definition) is 5. The molecule has 136 valence electrons. The third kappa shape index (κ3) is 5.86. The van der Waals surface area contributed by atoms with Crippen molar-refractivity contribution in [3.05, 3.63) is 58.9 Å². The SMILES string of the molecule is CC(=O)c1ccc(OCC(=O)OCC(=O)Nc2ccc(Cl)cc2F)cc1. The average Bonchev–Trinajstić information content (AvgIpc) is 2.61. The lowest BCUT2D eigenvalue weighted by atomic mass is 10.1. The van der Waals surface area contributed by atoms with Crippen molar-refractivity contribution in [2.24, 2.45) is 0 Å². The van der Waals surface area contributed by atoms with Gasteiger partial charge in [-0.25, -0.2) is 9.18 Å². The van der Waals surface area contributed by atoms with Crippen LogP contribution in [0.4, 0.5) is 10.1 Å². The standard InChI is InChI=1S/C18H15ClFNO5/c1-11(22)12-2-5-14(6-3-12)25-10-18(24)26-9-17(23)21-16-7-4-13(19)8-15(16)20/h2-8H,9-10H2,1H3,(H,21,23). The van der Waals surface area contributed by atoms with Crippen LogP contribution >= 0.6 is 11.6 Å². The van der Waals surface area contributed by atoms with Gasteiger partial charge < -0.3 is 14.8 Å². The topological polar surface area (TPSA) is 81.7 Å². The first kappa shape index (κ1) is 19.4. The minimum absolute atomic E-state index is 0.0720. The van der Waals surface area contributed by atoms with Gasteiger partial charge in [-0.15, -0.1) is 0 Å². The molecule has 0 fully saturated rings. The van der Waals surface area contributed by atoms with Crippen LogP contribution in [0.5, 0.6) is 5.75 Å². The second-order valence-corrected chi connectivity index (χ2v) is 5.64. The summed E-state index contributed by atoms with van der Waals surface area (Å²) in [6, 6.07) is 9.98. The van der Waals surface area contributed by atoms with Crippen LogP contribution in [0.1, 0.15) is 17.3 Å². The Balaban J connectivity index is 1.75. The highest BCUT2D eigenvalue weighted by Gasteiger charge is 2.11. The molecule has 1 N–H and O–H groups in total. The Bertz CT molecular complexity index is 823. The normalized spacial score (nSPS) is 10.1. The molecule has 2 aromatic rings. The van der Waals surface area contributed by atoms with Gasteiger partial charge in [0.05, 0.1) is 5.69 Å². The van der Waals surface area contributed by atoms with Crippen LogP contribution in [0.15, 0.2) is 42.5 Å². The Morgan fingerprint density at radius 3 is 2.38 bits per heavy atom. The Hall–Kier alpha value is -2.93. The van der Waals surface area contributed by atoms with E-state index in [1.54, 1.807) is 24.3 Å². The number of ether oxygens (including phenoxy) is 2. The molecule has 1 amide bonds. The molecule has 8 heteroatoms. The number of carbonyl (C=O) groups is 3. The zero-order valence-electron chi connectivity index (χ0n) is 13.8. The van der Waals surface area contributed by atoms with Gasteiger partial charge in [0.25, 0.3) is 5.91 Å². The molecule has 2 rings (SSSR count). The second kappa shape index (κ2) is 8.96. The van der Waals surface area contributed by atoms with E-state index in [1.165, 1.54) is 19.1 Å². The van der Waals surface area contributed by atoms with E-state index in [9.17, 15) is 18.8 Å². The molecule has 0 aliphatic heterocycles. The predicted octanol–water partition coefficient (Wildman–Crippen LogP) is 3.24. The van der Waals surface area contributed by atoms with Gasteiger partial charge in [-0.1, -0.05) is 11.6 Å². The van der Waals surface area contributed by atoms with Gasteiger partial charge in [-0.2, -0.15) is 0 Å². The van der Waals surface area contributed by atoms with Gasteiger partial charge >= 0.3 is 5.97 Å². The van der Waals surface area contributed by atoms with Crippen LogP contribution in [-0.2, 0) is 14.3 Å². The number of anilines is 1. The quantitative estimate of drug-likeness (QED) is 0.590. The molecule has 0 radical (unpaired) electrons. The van der Waals surface area contributed by atoms with E-state index in [1.807, 2.05) is 0 Å². The van der Waals surface area contributed by atoms with Crippen LogP contribution in [0.25, 0.3) is 0 Å². The molecule has 0 heterocycles. The van der Waals surface area contributed by atoms with E-state index in [0.29, 0.717) is 11.3 Å². The largest absolute Gasteiger partial charge is 0.482 e. The molecule has 0 unspecified atom stereocenters. The lowest BCUT2D eigenvalue weighted by Gasteiger charge is -2.09. The summed E-state index contributed by atoms with van der Waals surface area (Å²) >= 11 is 5.61. The van der Waals surface area contributed by atoms with E-state index < -0.39 is 30.9 Å². The van der Waals surface area contributed by atoms with Crippen LogP contribution in [0.3, 0.4) is 0 Å². The van der Waals surface area contributed by atoms with E-state index in [4.69, 9.17) is 21.1 Å². The van der Waals surface area contributed by atoms with Crippen LogP contribution < -0.4 is 10.1 Å². The minimum atomic E-state index is -0.771. The summed E-state index contributed by atoms with van der Waals surface area (Å²) < 4.78 is 23.5. The lowest BCUT2D eigenvalue weighted by molar-refractivity contribution is -0.149. The molecule has 0 saturated heterocycles. The summed E-state index contributed by atoms with van der Waals surface area (Å²) in [5.41, 5.74) is 0.447. The third-order valence-electron chi connectivity index (χ3n) is 3.19. The monoisotopic (exact) mass is 379 g/mol. The zero-order chi connectivity index (χ0) is 19.1. The first-order valence-corrected chi connectivity index (χ1v) is 7.87. The number of halogens is 2. The van der Waals surface area contributed by atoms with Gasteiger partial charge in [0.1, 0.15) is 11.6 Å². The lowest BCUT2D eigenvalue weighted by Crippen LogP contribution is -2.24. The first-order valence-electron chi connectivity index (χ1n) is 7.49. The van der Waals surface area contributed by atoms with Gasteiger partial charge in [0, 0.05) is 10.6 Å². The van der Waals surface area contributed by atoms with Crippen molar-refractivity contribution in [3.63, 3.8) is 0 Å². The molecular formula is C18H15ClFNO5. The number of hydrogen-bond donors (Lipinski definition) is 1. The molecule has 0 aliphatic carbocycles. The molecule has 0 spiro atoms. The Labute approximate surface area is 153 Å². The summed E-state index contributed by atoms with van der Waals surface area (Å²) in [4.78, 5) is 34.4. The van der Waals surface area contributed by atoms with Crippen molar-refractivity contribution in [1.29, 1.82) is 0 Å². The maximum Gasteiger partial charge on any atom is 0.344 e. The van der Waals surface area contributed by atoms with E-state index >= 15 is 0 Å². The van der Waals surface area contributed by atoms with Gasteiger partial charge in [0.15, 0.2) is 19.0 Å². The number of Topliss-reactive ketones (excluding diaryl/α,β-unsaturated/α-hetero) is 1. The van der Waals surface area contributed by atoms with Crippen molar-refractivity contribution < 1.29 is 28.2 Å². The smallest absolute Gasteiger partial charge is 0.344 e. The third-order valence-corrected chi connectivity index (χ3v) is 3.42. The van der Waals surface area contributed by atoms with Gasteiger partial charge in [-0.05, 0) is 49.4 Å². The molecule has 6 nitrogen and oxygen atoms in total. The number of rotatable bonds is 7. The number of nitrogens with one attached hydrogen (secondary N) is 1. The summed E-state index contributed by atoms with van der Waals surface area (Å²) in [6.07, 6.45) is 0. The number of amides is 1. The van der Waals surface area contributed by atoms with E-state index in [2.05, 4.69) is 5.32 Å². The minimum Gasteiger partial charge on any atom is -0.482 e. The molecule has 2 aromatic carbocycles. The van der Waals surface area contributed by atoms with E-state index in [-0.39, 0.29) is 16.5 Å². The highest BCUT2D eigenvalue weighted by atomic mass is 35.5. The fraction of sp³-hybridized carbons (Fsp3) is 0.167. The molecule has 0 aliphatic rings. The maximum absolute atomic E-state index is 13.5. The molecule has 0 bridgehead atoms. The first-order chi connectivity index (χ1) is 12.3. The molecule has 0 saturated carbocycles. The van der Waals surface area contributed by atoms with Crippen molar-refractivity contribution in [3.8, 4) is 5.75 Å². The average molecular weight is 380 g/mol. The zero-order valence-corrected chi connectivity index (χ0v) is 14.5. The Morgan fingerprint density at radius 2 is 1.77 bits per heavy atom.